The molecule has 1 heterocycles. The van der Waals surface area contributed by atoms with Gasteiger partial charge in [-0.3, -0.25) is 19.8 Å². The first-order valence-electron chi connectivity index (χ1n) is 6.61. The van der Waals surface area contributed by atoms with Crippen LogP contribution in [0.15, 0.2) is 17.9 Å². The number of imide groups is 1. The number of hydrogen-bond acceptors (Lipinski definition) is 5. The Morgan fingerprint density at radius 3 is 1.83 bits per heavy atom. The summed E-state index contributed by atoms with van der Waals surface area (Å²) in [4.78, 5) is 37.3. The van der Waals surface area contributed by atoms with E-state index in [4.69, 9.17) is 5.84 Å². The summed E-state index contributed by atoms with van der Waals surface area (Å²) in [5.41, 5.74) is 2.29. The fourth-order valence-electron chi connectivity index (χ4n) is 2.48. The van der Waals surface area contributed by atoms with Crippen molar-refractivity contribution in [1.82, 2.24) is 10.3 Å². The lowest BCUT2D eigenvalue weighted by molar-refractivity contribution is -0.126. The highest BCUT2D eigenvalue weighted by Gasteiger charge is 2.53. The summed E-state index contributed by atoms with van der Waals surface area (Å²) >= 11 is 17.7. The Labute approximate surface area is 177 Å². The van der Waals surface area contributed by atoms with Gasteiger partial charge in [0.25, 0.3) is 17.7 Å². The van der Waals surface area contributed by atoms with E-state index >= 15 is 0 Å². The van der Waals surface area contributed by atoms with Crippen molar-refractivity contribution in [3.8, 4) is 0 Å². The number of carbonyl (C=O) groups excluding carboxylic acids is 3. The number of rotatable bonds is 4. The average molecular weight is 609 g/mol. The van der Waals surface area contributed by atoms with Gasteiger partial charge in [0, 0.05) is 17.9 Å². The van der Waals surface area contributed by atoms with Crippen LogP contribution in [0.3, 0.4) is 0 Å². The Bertz CT molecular complexity index is 727. The summed E-state index contributed by atoms with van der Waals surface area (Å²) in [5, 5.41) is 0. The Hall–Kier alpha value is 0.0600. The molecule has 1 aliphatic heterocycles. The number of halogens is 4. The predicted molar refractivity (Wildman–Crippen MR) is 107 cm³/mol. The SMILES string of the molecule is CCCC(S)(C(=O)NN)N1C(=O)c2c(Br)c(Br)c(Br)c(Br)c2C1=O. The van der Waals surface area contributed by atoms with Crippen LogP contribution in [0.1, 0.15) is 40.5 Å². The maximum atomic E-state index is 12.9. The normalized spacial score (nSPS) is 16.2. The number of thiol groups is 1. The molecule has 1 unspecified atom stereocenters. The number of nitrogens with two attached hydrogens (primary N) is 1. The zero-order valence-corrected chi connectivity index (χ0v) is 19.4. The number of hydrazine groups is 1. The summed E-state index contributed by atoms with van der Waals surface area (Å²) in [7, 11) is 0. The van der Waals surface area contributed by atoms with Gasteiger partial charge in [-0.1, -0.05) is 13.3 Å². The molecule has 0 saturated carbocycles. The number of nitrogens with zero attached hydrogens (tertiary/aromatic N) is 1. The molecule has 3 N–H and O–H groups in total. The first kappa shape index (κ1) is 20.4. The van der Waals surface area contributed by atoms with Crippen LogP contribution in [0.25, 0.3) is 0 Å². The van der Waals surface area contributed by atoms with Crippen LogP contribution in [-0.2, 0) is 4.79 Å². The third-order valence-corrected chi connectivity index (χ3v) is 8.96. The fourth-order valence-corrected chi connectivity index (χ4v) is 5.40. The van der Waals surface area contributed by atoms with Crippen molar-refractivity contribution in [3.63, 3.8) is 0 Å². The lowest BCUT2D eigenvalue weighted by Gasteiger charge is -2.34. The second-order valence-electron chi connectivity index (χ2n) is 4.99. The summed E-state index contributed by atoms with van der Waals surface area (Å²) in [6.07, 6.45) is 0.669. The second-order valence-corrected chi connectivity index (χ2v) is 8.90. The molecule has 130 valence electrons. The van der Waals surface area contributed by atoms with E-state index in [-0.39, 0.29) is 17.5 Å². The van der Waals surface area contributed by atoms with Crippen molar-refractivity contribution >= 4 is 94.1 Å². The molecule has 1 atom stereocenters. The van der Waals surface area contributed by atoms with E-state index in [2.05, 4.69) is 76.3 Å². The Morgan fingerprint density at radius 1 is 1.08 bits per heavy atom. The van der Waals surface area contributed by atoms with E-state index < -0.39 is 22.6 Å². The second kappa shape index (κ2) is 7.36. The van der Waals surface area contributed by atoms with Crippen LogP contribution < -0.4 is 11.3 Å². The molecule has 0 aromatic heterocycles. The smallest absolute Gasteiger partial charge is 0.270 e. The first-order chi connectivity index (χ1) is 11.1. The van der Waals surface area contributed by atoms with E-state index in [0.29, 0.717) is 24.3 Å². The average Bonchev–Trinajstić information content (AvgIpc) is 2.81. The van der Waals surface area contributed by atoms with Crippen molar-refractivity contribution < 1.29 is 14.4 Å². The summed E-state index contributed by atoms with van der Waals surface area (Å²) < 4.78 is 1.96. The van der Waals surface area contributed by atoms with E-state index in [1.807, 2.05) is 12.3 Å². The molecule has 11 heteroatoms. The minimum Gasteiger partial charge on any atom is -0.291 e. The van der Waals surface area contributed by atoms with Crippen LogP contribution >= 0.6 is 76.3 Å². The lowest BCUT2D eigenvalue weighted by atomic mass is 10.1. The fraction of sp³-hybridized carbons (Fsp3) is 0.308. The monoisotopic (exact) mass is 605 g/mol. The van der Waals surface area contributed by atoms with Gasteiger partial charge in [-0.25, -0.2) is 10.7 Å². The standard InChI is InChI=1S/C13H11Br4N3O3S/c1-2-3-13(24,12(23)19-18)20-10(21)4-5(11(20)22)7(15)9(17)8(16)6(4)14/h24H,2-3,18H2,1H3,(H,19,23). The van der Waals surface area contributed by atoms with Gasteiger partial charge in [0.1, 0.15) is 0 Å². The molecule has 3 amide bonds. The molecule has 0 spiro atoms. The highest BCUT2D eigenvalue weighted by Crippen LogP contribution is 2.47. The molecule has 1 aliphatic rings. The topological polar surface area (TPSA) is 92.5 Å². The van der Waals surface area contributed by atoms with Crippen molar-refractivity contribution in [1.29, 1.82) is 0 Å². The van der Waals surface area contributed by atoms with Gasteiger partial charge in [-0.05, 0) is 70.1 Å². The highest BCUT2D eigenvalue weighted by atomic mass is 79.9. The Balaban J connectivity index is 2.72. The molecule has 0 fully saturated rings. The van der Waals surface area contributed by atoms with E-state index in [1.54, 1.807) is 0 Å². The molecule has 0 radical (unpaired) electrons. The maximum Gasteiger partial charge on any atom is 0.270 e. The van der Waals surface area contributed by atoms with Crippen LogP contribution in [0.2, 0.25) is 0 Å². The molecule has 0 saturated heterocycles. The molecule has 1 aromatic rings. The molecule has 2 rings (SSSR count). The number of amides is 3. The van der Waals surface area contributed by atoms with Gasteiger partial charge in [-0.15, -0.1) is 12.6 Å². The number of benzene rings is 1. The third-order valence-electron chi connectivity index (χ3n) is 3.56. The van der Waals surface area contributed by atoms with Gasteiger partial charge >= 0.3 is 0 Å². The van der Waals surface area contributed by atoms with Crippen LogP contribution in [0.4, 0.5) is 0 Å². The van der Waals surface area contributed by atoms with Gasteiger partial charge in [-0.2, -0.15) is 0 Å². The zero-order chi connectivity index (χ0) is 18.4. The van der Waals surface area contributed by atoms with Crippen LogP contribution in [0, 0.1) is 0 Å². The minimum atomic E-state index is -1.69. The zero-order valence-electron chi connectivity index (χ0n) is 12.1. The van der Waals surface area contributed by atoms with Crippen LogP contribution in [0.5, 0.6) is 0 Å². The lowest BCUT2D eigenvalue weighted by Crippen LogP contribution is -2.58. The van der Waals surface area contributed by atoms with Crippen molar-refractivity contribution in [2.45, 2.75) is 24.6 Å². The minimum absolute atomic E-state index is 0.154. The number of hydrogen-bond donors (Lipinski definition) is 3. The van der Waals surface area contributed by atoms with E-state index in [1.165, 1.54) is 0 Å². The molecular formula is C13H11Br4N3O3S. The van der Waals surface area contributed by atoms with Gasteiger partial charge in [0.2, 0.25) is 0 Å². The van der Waals surface area contributed by atoms with Crippen molar-refractivity contribution in [3.05, 3.63) is 29.0 Å². The van der Waals surface area contributed by atoms with E-state index in [9.17, 15) is 14.4 Å². The summed E-state index contributed by atoms with van der Waals surface area (Å²) in [5.74, 6) is 3.25. The van der Waals surface area contributed by atoms with Gasteiger partial charge < -0.3 is 0 Å². The number of fused-ring (bicyclic) bond motifs is 1. The first-order valence-corrected chi connectivity index (χ1v) is 10.2. The van der Waals surface area contributed by atoms with Crippen molar-refractivity contribution in [2.75, 3.05) is 0 Å². The third kappa shape index (κ3) is 2.90. The molecule has 0 bridgehead atoms. The number of carbonyl (C=O) groups is 3. The molecule has 1 aromatic carbocycles. The van der Waals surface area contributed by atoms with Crippen molar-refractivity contribution in [2.24, 2.45) is 5.84 Å². The molecule has 0 aliphatic carbocycles. The molecule has 24 heavy (non-hydrogen) atoms. The Kier molecular flexibility index (Phi) is 6.24. The summed E-state index contributed by atoms with van der Waals surface area (Å²) in [6, 6.07) is 0. The Morgan fingerprint density at radius 2 is 1.50 bits per heavy atom. The molecular weight excluding hydrogens is 598 g/mol. The van der Waals surface area contributed by atoms with Crippen LogP contribution in [-0.4, -0.2) is 27.5 Å². The highest BCUT2D eigenvalue weighted by molar-refractivity contribution is 9.15. The van der Waals surface area contributed by atoms with Gasteiger partial charge in [0.15, 0.2) is 4.87 Å². The number of nitrogens with one attached hydrogen (secondary N) is 1. The van der Waals surface area contributed by atoms with Gasteiger partial charge in [0.05, 0.1) is 11.1 Å². The maximum absolute atomic E-state index is 12.9. The quantitative estimate of drug-likeness (QED) is 0.0924. The largest absolute Gasteiger partial charge is 0.291 e. The van der Waals surface area contributed by atoms with E-state index in [0.717, 1.165) is 4.90 Å². The molecule has 6 nitrogen and oxygen atoms in total. The summed E-state index contributed by atoms with van der Waals surface area (Å²) in [6.45, 7) is 1.81. The predicted octanol–water partition coefficient (Wildman–Crippen LogP) is 3.75.